The third kappa shape index (κ3) is 4.21. The van der Waals surface area contributed by atoms with Gasteiger partial charge in [-0.3, -0.25) is 9.36 Å². The van der Waals surface area contributed by atoms with Crippen LogP contribution < -0.4 is 10.3 Å². The number of aryl methyl sites for hydroxylation is 1. The summed E-state index contributed by atoms with van der Waals surface area (Å²) in [5.41, 5.74) is -0.0663. The summed E-state index contributed by atoms with van der Waals surface area (Å²) < 4.78 is 46.5. The van der Waals surface area contributed by atoms with E-state index in [1.54, 1.807) is 4.57 Å². The number of hydrogen-bond donors (Lipinski definition) is 1. The highest BCUT2D eigenvalue weighted by Gasteiger charge is 2.51. The largest absolute Gasteiger partial charge is 0.477 e. The molecule has 3 saturated carbocycles. The summed E-state index contributed by atoms with van der Waals surface area (Å²) in [5.74, 6) is 1.60. The average molecular weight is 490 g/mol. The van der Waals surface area contributed by atoms with E-state index in [2.05, 4.69) is 15.0 Å². The average Bonchev–Trinajstić information content (AvgIpc) is 3.31. The highest BCUT2D eigenvalue weighted by molar-refractivity contribution is 5.69. The van der Waals surface area contributed by atoms with Gasteiger partial charge in [0.15, 0.2) is 11.2 Å². The topological polar surface area (TPSA) is 85.7 Å². The van der Waals surface area contributed by atoms with Crippen molar-refractivity contribution in [3.63, 3.8) is 0 Å². The molecule has 10 heteroatoms. The zero-order chi connectivity index (χ0) is 24.8. The lowest BCUT2D eigenvalue weighted by Gasteiger charge is -2.52. The molecule has 0 spiro atoms. The van der Waals surface area contributed by atoms with Crippen LogP contribution in [0.25, 0.3) is 11.2 Å². The van der Waals surface area contributed by atoms with Crippen LogP contribution in [0.15, 0.2) is 23.1 Å². The molecule has 3 heterocycles. The number of rotatable bonds is 7. The molecule has 0 amide bonds. The number of hydrogen-bond acceptors (Lipinski definition) is 5. The monoisotopic (exact) mass is 489 g/mol. The molecule has 0 atom stereocenters. The molecular formula is C25H30F3N5O2. The second-order valence-electron chi connectivity index (χ2n) is 10.1. The summed E-state index contributed by atoms with van der Waals surface area (Å²) in [6.07, 6.45) is 3.55. The number of nitrogens with zero attached hydrogens (tertiary/aromatic N) is 4. The van der Waals surface area contributed by atoms with Gasteiger partial charge in [-0.05, 0) is 51.0 Å². The molecule has 3 aromatic heterocycles. The smallest absolute Gasteiger partial charge is 0.416 e. The van der Waals surface area contributed by atoms with E-state index in [1.165, 1.54) is 0 Å². The lowest BCUT2D eigenvalue weighted by molar-refractivity contribution is -0.137. The number of alkyl halides is 3. The highest BCUT2D eigenvalue weighted by Crippen LogP contribution is 2.57. The van der Waals surface area contributed by atoms with Crippen LogP contribution >= 0.6 is 0 Å². The van der Waals surface area contributed by atoms with Crippen molar-refractivity contribution in [2.24, 2.45) is 5.41 Å². The summed E-state index contributed by atoms with van der Waals surface area (Å²) in [6, 6.07) is 1.91. The predicted octanol–water partition coefficient (Wildman–Crippen LogP) is 5.18. The van der Waals surface area contributed by atoms with Crippen LogP contribution in [-0.2, 0) is 24.6 Å². The van der Waals surface area contributed by atoms with Crippen LogP contribution in [0.2, 0.25) is 0 Å². The van der Waals surface area contributed by atoms with E-state index in [9.17, 15) is 18.0 Å². The predicted molar refractivity (Wildman–Crippen MR) is 124 cm³/mol. The minimum atomic E-state index is -4.42. The van der Waals surface area contributed by atoms with Crippen molar-refractivity contribution >= 4 is 11.2 Å². The number of nitrogens with one attached hydrogen (secondary N) is 1. The summed E-state index contributed by atoms with van der Waals surface area (Å²) in [7, 11) is 0. The molecule has 3 aromatic rings. The van der Waals surface area contributed by atoms with E-state index in [1.807, 2.05) is 13.8 Å². The second-order valence-corrected chi connectivity index (χ2v) is 10.1. The number of H-pyrrole nitrogens is 1. The van der Waals surface area contributed by atoms with Gasteiger partial charge in [0.25, 0.3) is 5.56 Å². The number of fused-ring (bicyclic) bond motifs is 4. The van der Waals surface area contributed by atoms with Crippen LogP contribution in [0.4, 0.5) is 13.2 Å². The maximum atomic E-state index is 13.1. The van der Waals surface area contributed by atoms with E-state index < -0.39 is 11.7 Å². The van der Waals surface area contributed by atoms with Gasteiger partial charge < -0.3 is 9.72 Å². The first-order valence-electron chi connectivity index (χ1n) is 12.3. The molecule has 188 valence electrons. The van der Waals surface area contributed by atoms with Crippen molar-refractivity contribution in [2.45, 2.75) is 83.4 Å². The Labute approximate surface area is 201 Å². The van der Waals surface area contributed by atoms with Gasteiger partial charge in [-0.15, -0.1) is 0 Å². The number of aromatic amines is 1. The second kappa shape index (κ2) is 8.64. The van der Waals surface area contributed by atoms with E-state index >= 15 is 0 Å². The van der Waals surface area contributed by atoms with Gasteiger partial charge in [-0.25, -0.2) is 15.0 Å². The van der Waals surface area contributed by atoms with E-state index in [4.69, 9.17) is 9.72 Å². The van der Waals surface area contributed by atoms with Crippen molar-refractivity contribution in [2.75, 3.05) is 6.61 Å². The summed E-state index contributed by atoms with van der Waals surface area (Å²) in [5, 5.41) is 0. The first kappa shape index (κ1) is 23.8. The molecule has 3 aliphatic carbocycles. The van der Waals surface area contributed by atoms with Gasteiger partial charge in [0.05, 0.1) is 12.2 Å². The number of halogens is 3. The normalized spacial score (nSPS) is 24.3. The maximum Gasteiger partial charge on any atom is 0.416 e. The Hall–Kier alpha value is -2.91. The Morgan fingerprint density at radius 3 is 2.46 bits per heavy atom. The zero-order valence-corrected chi connectivity index (χ0v) is 20.0. The molecule has 7 nitrogen and oxygen atoms in total. The van der Waals surface area contributed by atoms with Gasteiger partial charge in [-0.1, -0.05) is 13.8 Å². The lowest BCUT2D eigenvalue weighted by Crippen LogP contribution is -2.47. The van der Waals surface area contributed by atoms with E-state index in [0.717, 1.165) is 74.9 Å². The zero-order valence-electron chi connectivity index (χ0n) is 20.0. The fourth-order valence-corrected chi connectivity index (χ4v) is 5.73. The number of ether oxygens (including phenoxy) is 1. The van der Waals surface area contributed by atoms with Crippen molar-refractivity contribution in [3.8, 4) is 5.88 Å². The molecule has 0 saturated heterocycles. The Kier molecular flexibility index (Phi) is 5.88. The summed E-state index contributed by atoms with van der Waals surface area (Å²) >= 11 is 0. The van der Waals surface area contributed by atoms with Gasteiger partial charge in [0.1, 0.15) is 11.6 Å². The molecule has 3 aliphatic rings. The lowest BCUT2D eigenvalue weighted by atomic mass is 9.53. The standard InChI is InChI=1S/C25H30F3N5O2/c1-3-13-33-17(4-2)30-20-19(21(33)34)31-22(32-20)24-9-6-23(7-10-24,8-11-24)15-35-18-14-16(5-12-29-18)25(26,27)28/h5,12,14H,3-4,6-11,13,15H2,1-2H3,(H,31,32). The number of aromatic nitrogens is 5. The molecule has 0 aromatic carbocycles. The summed E-state index contributed by atoms with van der Waals surface area (Å²) in [4.78, 5) is 29.9. The summed E-state index contributed by atoms with van der Waals surface area (Å²) in [6.45, 7) is 5.01. The van der Waals surface area contributed by atoms with Crippen molar-refractivity contribution in [1.29, 1.82) is 0 Å². The molecule has 2 bridgehead atoms. The molecule has 1 N–H and O–H groups in total. The van der Waals surface area contributed by atoms with Gasteiger partial charge in [0.2, 0.25) is 5.88 Å². The Balaban J connectivity index is 1.33. The van der Waals surface area contributed by atoms with Crippen LogP contribution in [0.3, 0.4) is 0 Å². The minimum Gasteiger partial charge on any atom is -0.477 e. The Morgan fingerprint density at radius 1 is 1.11 bits per heavy atom. The fourth-order valence-electron chi connectivity index (χ4n) is 5.73. The molecular weight excluding hydrogens is 459 g/mol. The first-order valence-corrected chi connectivity index (χ1v) is 12.3. The number of imidazole rings is 1. The Morgan fingerprint density at radius 2 is 1.83 bits per heavy atom. The molecule has 35 heavy (non-hydrogen) atoms. The Bertz CT molecular complexity index is 1270. The van der Waals surface area contributed by atoms with Crippen molar-refractivity contribution < 1.29 is 17.9 Å². The highest BCUT2D eigenvalue weighted by atomic mass is 19.4. The van der Waals surface area contributed by atoms with Gasteiger partial charge in [0, 0.05) is 36.1 Å². The van der Waals surface area contributed by atoms with Gasteiger partial charge >= 0.3 is 6.18 Å². The van der Waals surface area contributed by atoms with Crippen molar-refractivity contribution in [3.05, 3.63) is 45.9 Å². The van der Waals surface area contributed by atoms with Crippen LogP contribution in [0, 0.1) is 5.41 Å². The number of pyridine rings is 1. The molecule has 3 fully saturated rings. The SMILES string of the molecule is CCCn1c(CC)nc2nc(C34CCC(COc5cc(C(F)(F)F)ccn5)(CC3)CC4)[nH]c2c1=O. The maximum absolute atomic E-state index is 13.1. The van der Waals surface area contributed by atoms with Crippen molar-refractivity contribution in [1.82, 2.24) is 24.5 Å². The fraction of sp³-hybridized carbons (Fsp3) is 0.600. The van der Waals surface area contributed by atoms with Crippen LogP contribution in [0.1, 0.15) is 76.0 Å². The van der Waals surface area contributed by atoms with E-state index in [0.29, 0.717) is 30.7 Å². The first-order chi connectivity index (χ1) is 16.7. The quantitative estimate of drug-likeness (QED) is 0.495. The van der Waals surface area contributed by atoms with Crippen LogP contribution in [-0.4, -0.2) is 31.1 Å². The van der Waals surface area contributed by atoms with Gasteiger partial charge in [-0.2, -0.15) is 13.2 Å². The molecule has 0 radical (unpaired) electrons. The third-order valence-corrected chi connectivity index (χ3v) is 7.95. The third-order valence-electron chi connectivity index (χ3n) is 7.95. The molecule has 6 rings (SSSR count). The van der Waals surface area contributed by atoms with E-state index in [-0.39, 0.29) is 22.3 Å². The molecule has 0 unspecified atom stereocenters. The van der Waals surface area contributed by atoms with Crippen LogP contribution in [0.5, 0.6) is 5.88 Å². The minimum absolute atomic E-state index is 0.00931. The molecule has 0 aliphatic heterocycles.